The Balaban J connectivity index is 2.41. The Hall–Kier alpha value is -0.780. The van der Waals surface area contributed by atoms with E-state index in [-0.39, 0.29) is 0 Å². The maximum Gasteiger partial charge on any atom is -0.0276 e. The Kier molecular flexibility index (Phi) is 5.45. The molecular formula is C15H24. The third-order valence-corrected chi connectivity index (χ3v) is 2.85. The molecule has 0 saturated carbocycles. The number of hydrogen-bond acceptors (Lipinski definition) is 0. The number of hydrogen-bond donors (Lipinski definition) is 0. The van der Waals surface area contributed by atoms with E-state index >= 15 is 0 Å². The van der Waals surface area contributed by atoms with Crippen LogP contribution in [0.2, 0.25) is 0 Å². The van der Waals surface area contributed by atoms with E-state index in [2.05, 4.69) is 45.0 Å². The second-order valence-electron chi connectivity index (χ2n) is 4.85. The molecule has 1 aromatic rings. The average Bonchev–Trinajstić information content (AvgIpc) is 2.25. The molecule has 0 spiro atoms. The van der Waals surface area contributed by atoms with Crippen molar-refractivity contribution < 1.29 is 0 Å². The first-order chi connectivity index (χ1) is 7.22. The summed E-state index contributed by atoms with van der Waals surface area (Å²) in [5.41, 5.74) is 2.98. The largest absolute Gasteiger partial charge is 0.0654 e. The minimum Gasteiger partial charge on any atom is -0.0654 e. The van der Waals surface area contributed by atoms with Gasteiger partial charge in [-0.3, -0.25) is 0 Å². The molecule has 0 aliphatic rings. The fourth-order valence-electron chi connectivity index (χ4n) is 1.71. The summed E-state index contributed by atoms with van der Waals surface area (Å²) in [5.74, 6) is 0.810. The van der Waals surface area contributed by atoms with Crippen molar-refractivity contribution in [2.45, 2.75) is 52.9 Å². The zero-order valence-electron chi connectivity index (χ0n) is 10.4. The van der Waals surface area contributed by atoms with Crippen molar-refractivity contribution in [3.05, 3.63) is 35.4 Å². The highest BCUT2D eigenvalue weighted by molar-refractivity contribution is 5.22. The summed E-state index contributed by atoms with van der Waals surface area (Å²) in [7, 11) is 0. The molecule has 84 valence electrons. The first kappa shape index (κ1) is 12.3. The second-order valence-corrected chi connectivity index (χ2v) is 4.85. The van der Waals surface area contributed by atoms with E-state index in [0.717, 1.165) is 5.92 Å². The lowest BCUT2D eigenvalue weighted by Gasteiger charge is -2.06. The molecule has 0 aliphatic heterocycles. The maximum absolute atomic E-state index is 2.30. The zero-order chi connectivity index (χ0) is 11.1. The summed E-state index contributed by atoms with van der Waals surface area (Å²) < 4.78 is 0. The predicted octanol–water partition coefficient (Wildman–Crippen LogP) is 4.62. The topological polar surface area (TPSA) is 0 Å². The van der Waals surface area contributed by atoms with Gasteiger partial charge < -0.3 is 0 Å². The molecule has 0 fully saturated rings. The molecular weight excluding hydrogens is 180 g/mol. The van der Waals surface area contributed by atoms with E-state index < -0.39 is 0 Å². The van der Waals surface area contributed by atoms with Crippen molar-refractivity contribution in [3.8, 4) is 0 Å². The highest BCUT2D eigenvalue weighted by Gasteiger charge is 1.97. The molecule has 15 heavy (non-hydrogen) atoms. The Morgan fingerprint density at radius 2 is 1.47 bits per heavy atom. The molecule has 0 N–H and O–H groups in total. The van der Waals surface area contributed by atoms with Crippen LogP contribution in [0, 0.1) is 5.92 Å². The second kappa shape index (κ2) is 6.66. The minimum atomic E-state index is 0.810. The van der Waals surface area contributed by atoms with Crippen LogP contribution in [0.3, 0.4) is 0 Å². The summed E-state index contributed by atoms with van der Waals surface area (Å²) in [6.07, 6.45) is 6.36. The SMILES string of the molecule is CCCCc1ccc(CCC(C)C)cc1. The zero-order valence-corrected chi connectivity index (χ0v) is 10.4. The van der Waals surface area contributed by atoms with Crippen LogP contribution in [0.1, 0.15) is 51.2 Å². The molecule has 0 amide bonds. The lowest BCUT2D eigenvalue weighted by Crippen LogP contribution is -1.92. The summed E-state index contributed by atoms with van der Waals surface area (Å²) >= 11 is 0. The van der Waals surface area contributed by atoms with Crippen LogP contribution in [-0.2, 0) is 12.8 Å². The van der Waals surface area contributed by atoms with Crippen molar-refractivity contribution in [1.29, 1.82) is 0 Å². The van der Waals surface area contributed by atoms with Crippen LogP contribution in [0.4, 0.5) is 0 Å². The summed E-state index contributed by atoms with van der Waals surface area (Å²) in [4.78, 5) is 0. The van der Waals surface area contributed by atoms with Crippen molar-refractivity contribution in [2.24, 2.45) is 5.92 Å². The number of benzene rings is 1. The van der Waals surface area contributed by atoms with Crippen molar-refractivity contribution in [2.75, 3.05) is 0 Å². The standard InChI is InChI=1S/C15H24/c1-4-5-6-14-9-11-15(12-10-14)8-7-13(2)3/h9-13H,4-8H2,1-3H3. The highest BCUT2D eigenvalue weighted by atomic mass is 14.0. The molecule has 0 heterocycles. The number of aryl methyl sites for hydroxylation is 2. The van der Waals surface area contributed by atoms with Gasteiger partial charge in [0.15, 0.2) is 0 Å². The quantitative estimate of drug-likeness (QED) is 0.634. The molecule has 0 bridgehead atoms. The van der Waals surface area contributed by atoms with E-state index in [1.54, 1.807) is 0 Å². The van der Waals surface area contributed by atoms with E-state index in [1.807, 2.05) is 0 Å². The maximum atomic E-state index is 2.30. The molecule has 0 radical (unpaired) electrons. The third kappa shape index (κ3) is 5.01. The lowest BCUT2D eigenvalue weighted by atomic mass is 10.0. The molecule has 0 saturated heterocycles. The van der Waals surface area contributed by atoms with Crippen LogP contribution < -0.4 is 0 Å². The van der Waals surface area contributed by atoms with Gasteiger partial charge in [-0.15, -0.1) is 0 Å². The van der Waals surface area contributed by atoms with Gasteiger partial charge in [-0.1, -0.05) is 51.5 Å². The average molecular weight is 204 g/mol. The van der Waals surface area contributed by atoms with Gasteiger partial charge in [-0.2, -0.15) is 0 Å². The normalized spacial score (nSPS) is 10.9. The first-order valence-corrected chi connectivity index (χ1v) is 6.30. The number of unbranched alkanes of at least 4 members (excludes halogenated alkanes) is 1. The summed E-state index contributed by atoms with van der Waals surface area (Å²) in [6.45, 7) is 6.82. The van der Waals surface area contributed by atoms with Crippen molar-refractivity contribution >= 4 is 0 Å². The van der Waals surface area contributed by atoms with Crippen LogP contribution in [0.5, 0.6) is 0 Å². The van der Waals surface area contributed by atoms with Crippen LogP contribution in [0.25, 0.3) is 0 Å². The fourth-order valence-corrected chi connectivity index (χ4v) is 1.71. The Morgan fingerprint density at radius 1 is 0.933 bits per heavy atom. The predicted molar refractivity (Wildman–Crippen MR) is 68.2 cm³/mol. The minimum absolute atomic E-state index is 0.810. The first-order valence-electron chi connectivity index (χ1n) is 6.30. The van der Waals surface area contributed by atoms with Crippen LogP contribution in [0.15, 0.2) is 24.3 Å². The molecule has 0 heteroatoms. The van der Waals surface area contributed by atoms with Crippen LogP contribution >= 0.6 is 0 Å². The molecule has 1 aromatic carbocycles. The van der Waals surface area contributed by atoms with E-state index in [4.69, 9.17) is 0 Å². The van der Waals surface area contributed by atoms with Gasteiger partial charge in [0.1, 0.15) is 0 Å². The molecule has 1 rings (SSSR count). The Bertz CT molecular complexity index is 256. The van der Waals surface area contributed by atoms with E-state index in [0.29, 0.717) is 0 Å². The van der Waals surface area contributed by atoms with Gasteiger partial charge in [0.05, 0.1) is 0 Å². The van der Waals surface area contributed by atoms with Gasteiger partial charge in [0.2, 0.25) is 0 Å². The summed E-state index contributed by atoms with van der Waals surface area (Å²) in [6, 6.07) is 9.19. The highest BCUT2D eigenvalue weighted by Crippen LogP contribution is 2.11. The Morgan fingerprint density at radius 3 is 1.93 bits per heavy atom. The van der Waals surface area contributed by atoms with Gasteiger partial charge in [0.25, 0.3) is 0 Å². The van der Waals surface area contributed by atoms with Gasteiger partial charge in [0, 0.05) is 0 Å². The fraction of sp³-hybridized carbons (Fsp3) is 0.600. The molecule has 0 atom stereocenters. The van der Waals surface area contributed by atoms with Crippen LogP contribution in [-0.4, -0.2) is 0 Å². The monoisotopic (exact) mass is 204 g/mol. The molecule has 0 nitrogen and oxygen atoms in total. The van der Waals surface area contributed by atoms with Gasteiger partial charge >= 0.3 is 0 Å². The van der Waals surface area contributed by atoms with Gasteiger partial charge in [-0.05, 0) is 42.7 Å². The molecule has 0 aliphatic carbocycles. The number of rotatable bonds is 6. The molecule has 0 unspecified atom stereocenters. The van der Waals surface area contributed by atoms with Crippen molar-refractivity contribution in [3.63, 3.8) is 0 Å². The summed E-state index contributed by atoms with van der Waals surface area (Å²) in [5, 5.41) is 0. The lowest BCUT2D eigenvalue weighted by molar-refractivity contribution is 0.586. The smallest absolute Gasteiger partial charge is 0.0276 e. The van der Waals surface area contributed by atoms with Gasteiger partial charge in [-0.25, -0.2) is 0 Å². The third-order valence-electron chi connectivity index (χ3n) is 2.85. The van der Waals surface area contributed by atoms with E-state index in [1.165, 1.54) is 43.2 Å². The Labute approximate surface area is 94.7 Å². The van der Waals surface area contributed by atoms with Crippen molar-refractivity contribution in [1.82, 2.24) is 0 Å². The molecule has 0 aromatic heterocycles. The van der Waals surface area contributed by atoms with E-state index in [9.17, 15) is 0 Å².